The van der Waals surface area contributed by atoms with Gasteiger partial charge in [-0.3, -0.25) is 0 Å². The first-order chi connectivity index (χ1) is 9.90. The average Bonchev–Trinajstić information content (AvgIpc) is 3.12. The monoisotopic (exact) mass is 264 g/mol. The molecule has 1 nitrogen and oxygen atoms in total. The molecule has 2 saturated carbocycles. The average molecular weight is 264 g/mol. The van der Waals surface area contributed by atoms with Gasteiger partial charge >= 0.3 is 0 Å². The number of hydrogen-bond acceptors (Lipinski definition) is 1. The smallest absolute Gasteiger partial charge is 0.130 e. The summed E-state index contributed by atoms with van der Waals surface area (Å²) in [6.45, 7) is 0. The van der Waals surface area contributed by atoms with Crippen molar-refractivity contribution in [2.45, 2.75) is 31.6 Å². The van der Waals surface area contributed by atoms with Crippen LogP contribution >= 0.6 is 0 Å². The molecule has 2 fully saturated rings. The van der Waals surface area contributed by atoms with E-state index in [-0.39, 0.29) is 0 Å². The summed E-state index contributed by atoms with van der Waals surface area (Å²) in [5.74, 6) is 4.56. The lowest BCUT2D eigenvalue weighted by Gasteiger charge is -2.24. The topological polar surface area (TPSA) is 9.23 Å². The van der Waals surface area contributed by atoms with Crippen LogP contribution in [0.1, 0.15) is 37.2 Å². The normalized spacial score (nSPS) is 27.7. The van der Waals surface area contributed by atoms with Crippen molar-refractivity contribution in [1.82, 2.24) is 0 Å². The van der Waals surface area contributed by atoms with Crippen LogP contribution in [0.15, 0.2) is 54.6 Å². The van der Waals surface area contributed by atoms with Crippen molar-refractivity contribution in [2.75, 3.05) is 0 Å². The molecule has 2 bridgehead atoms. The van der Waals surface area contributed by atoms with Crippen molar-refractivity contribution < 1.29 is 4.74 Å². The van der Waals surface area contributed by atoms with Crippen LogP contribution in [0.4, 0.5) is 0 Å². The van der Waals surface area contributed by atoms with Gasteiger partial charge in [0.15, 0.2) is 0 Å². The summed E-state index contributed by atoms with van der Waals surface area (Å²) >= 11 is 0. The summed E-state index contributed by atoms with van der Waals surface area (Å²) < 4.78 is 6.13. The number of para-hydroxylation sites is 2. The van der Waals surface area contributed by atoms with Crippen molar-refractivity contribution in [3.8, 4) is 11.5 Å². The molecule has 0 heterocycles. The number of hydrogen-bond donors (Lipinski definition) is 0. The minimum absolute atomic E-state index is 0.716. The molecule has 2 aromatic carbocycles. The van der Waals surface area contributed by atoms with Crippen molar-refractivity contribution >= 4 is 0 Å². The summed E-state index contributed by atoms with van der Waals surface area (Å²) in [4.78, 5) is 0. The highest BCUT2D eigenvalue weighted by Gasteiger charge is 2.41. The van der Waals surface area contributed by atoms with E-state index in [4.69, 9.17) is 4.74 Å². The number of benzene rings is 2. The fraction of sp³-hybridized carbons (Fsp3) is 0.368. The highest BCUT2D eigenvalue weighted by Crippen LogP contribution is 2.54. The maximum atomic E-state index is 6.13. The van der Waals surface area contributed by atoms with E-state index in [9.17, 15) is 0 Å². The molecular formula is C19H20O. The van der Waals surface area contributed by atoms with E-state index in [2.05, 4.69) is 24.3 Å². The quantitative estimate of drug-likeness (QED) is 0.723. The van der Waals surface area contributed by atoms with Gasteiger partial charge < -0.3 is 4.74 Å². The first-order valence-electron chi connectivity index (χ1n) is 7.72. The summed E-state index contributed by atoms with van der Waals surface area (Å²) in [6.07, 6.45) is 5.65. The van der Waals surface area contributed by atoms with Gasteiger partial charge in [0.1, 0.15) is 11.5 Å². The molecule has 0 aliphatic heterocycles. The Kier molecular flexibility index (Phi) is 2.99. The van der Waals surface area contributed by atoms with E-state index < -0.39 is 0 Å². The van der Waals surface area contributed by atoms with Crippen LogP contribution in [0.5, 0.6) is 11.5 Å². The Labute approximate surface area is 120 Å². The minimum atomic E-state index is 0.716. The molecule has 102 valence electrons. The molecule has 2 aromatic rings. The highest BCUT2D eigenvalue weighted by atomic mass is 16.5. The van der Waals surface area contributed by atoms with Crippen LogP contribution in [0, 0.1) is 11.8 Å². The van der Waals surface area contributed by atoms with Crippen LogP contribution in [0.3, 0.4) is 0 Å². The summed E-state index contributed by atoms with van der Waals surface area (Å²) in [5.41, 5.74) is 1.42. The van der Waals surface area contributed by atoms with Gasteiger partial charge in [-0.2, -0.15) is 0 Å². The molecule has 0 aromatic heterocycles. The Bertz CT molecular complexity index is 590. The maximum Gasteiger partial charge on any atom is 0.130 e. The number of ether oxygens (including phenoxy) is 1. The van der Waals surface area contributed by atoms with Crippen molar-refractivity contribution in [3.05, 3.63) is 60.2 Å². The van der Waals surface area contributed by atoms with Gasteiger partial charge in [0.2, 0.25) is 0 Å². The molecule has 20 heavy (non-hydrogen) atoms. The molecule has 0 spiro atoms. The fourth-order valence-corrected chi connectivity index (χ4v) is 4.12. The van der Waals surface area contributed by atoms with Crippen LogP contribution < -0.4 is 4.74 Å². The first kappa shape index (κ1) is 12.0. The molecule has 4 rings (SSSR count). The van der Waals surface area contributed by atoms with E-state index in [1.165, 1.54) is 31.2 Å². The molecular weight excluding hydrogens is 244 g/mol. The highest BCUT2D eigenvalue weighted by molar-refractivity contribution is 5.41. The molecule has 3 atom stereocenters. The lowest BCUT2D eigenvalue weighted by atomic mass is 9.83. The van der Waals surface area contributed by atoms with E-state index >= 15 is 0 Å². The second-order valence-corrected chi connectivity index (χ2v) is 6.23. The SMILES string of the molecule is c1ccc(Oc2ccccc2C2C[C@@H]3CC[C@H]2C3)cc1. The largest absolute Gasteiger partial charge is 0.457 e. The zero-order valence-corrected chi connectivity index (χ0v) is 11.7. The zero-order chi connectivity index (χ0) is 13.4. The van der Waals surface area contributed by atoms with Gasteiger partial charge in [0.05, 0.1) is 0 Å². The van der Waals surface area contributed by atoms with E-state index in [1.807, 2.05) is 30.3 Å². The summed E-state index contributed by atoms with van der Waals surface area (Å²) in [6, 6.07) is 18.7. The second kappa shape index (κ2) is 4.97. The third kappa shape index (κ3) is 2.11. The van der Waals surface area contributed by atoms with E-state index in [0.717, 1.165) is 23.3 Å². The molecule has 2 aliphatic rings. The van der Waals surface area contributed by atoms with Gasteiger partial charge in [0.25, 0.3) is 0 Å². The zero-order valence-electron chi connectivity index (χ0n) is 11.7. The first-order valence-corrected chi connectivity index (χ1v) is 7.72. The molecule has 0 radical (unpaired) electrons. The van der Waals surface area contributed by atoms with Crippen LogP contribution in [-0.4, -0.2) is 0 Å². The molecule has 0 saturated heterocycles. The van der Waals surface area contributed by atoms with Gasteiger partial charge in [-0.15, -0.1) is 0 Å². The van der Waals surface area contributed by atoms with Crippen LogP contribution in [0.2, 0.25) is 0 Å². The molecule has 0 amide bonds. The van der Waals surface area contributed by atoms with Gasteiger partial charge in [-0.1, -0.05) is 42.8 Å². The van der Waals surface area contributed by atoms with Gasteiger partial charge in [-0.05, 0) is 60.8 Å². The van der Waals surface area contributed by atoms with Crippen molar-refractivity contribution in [1.29, 1.82) is 0 Å². The standard InChI is InChI=1S/C19H20O/c1-2-6-16(7-3-1)20-19-9-5-4-8-17(19)18-13-14-10-11-15(18)12-14/h1-9,14-15,18H,10-13H2/t14-,15+,18?/m1/s1. The Morgan fingerprint density at radius 3 is 2.35 bits per heavy atom. The molecule has 1 unspecified atom stereocenters. The summed E-state index contributed by atoms with van der Waals surface area (Å²) in [5, 5.41) is 0. The predicted octanol–water partition coefficient (Wildman–Crippen LogP) is 5.38. The minimum Gasteiger partial charge on any atom is -0.457 e. The van der Waals surface area contributed by atoms with E-state index in [0.29, 0.717) is 5.92 Å². The van der Waals surface area contributed by atoms with Crippen molar-refractivity contribution in [3.63, 3.8) is 0 Å². The maximum absolute atomic E-state index is 6.13. The number of rotatable bonds is 3. The Morgan fingerprint density at radius 2 is 1.60 bits per heavy atom. The Balaban J connectivity index is 1.64. The lowest BCUT2D eigenvalue weighted by molar-refractivity contribution is 0.401. The third-order valence-electron chi connectivity index (χ3n) is 5.03. The van der Waals surface area contributed by atoms with Gasteiger partial charge in [-0.25, -0.2) is 0 Å². The molecule has 2 aliphatic carbocycles. The fourth-order valence-electron chi connectivity index (χ4n) is 4.12. The Morgan fingerprint density at radius 1 is 0.800 bits per heavy atom. The van der Waals surface area contributed by atoms with Crippen LogP contribution in [-0.2, 0) is 0 Å². The third-order valence-corrected chi connectivity index (χ3v) is 5.03. The van der Waals surface area contributed by atoms with Gasteiger partial charge in [0, 0.05) is 0 Å². The lowest BCUT2D eigenvalue weighted by Crippen LogP contribution is -2.09. The van der Waals surface area contributed by atoms with Crippen molar-refractivity contribution in [2.24, 2.45) is 11.8 Å². The molecule has 0 N–H and O–H groups in total. The Hall–Kier alpha value is -1.76. The summed E-state index contributed by atoms with van der Waals surface area (Å²) in [7, 11) is 0. The second-order valence-electron chi connectivity index (χ2n) is 6.23. The van der Waals surface area contributed by atoms with E-state index in [1.54, 1.807) is 0 Å². The predicted molar refractivity (Wildman–Crippen MR) is 81.1 cm³/mol. The molecule has 1 heteroatoms. The van der Waals surface area contributed by atoms with Crippen LogP contribution in [0.25, 0.3) is 0 Å². The number of fused-ring (bicyclic) bond motifs is 2.